The Morgan fingerprint density at radius 2 is 1.91 bits per heavy atom. The largest absolute Gasteiger partial charge is 0.455 e. The molecule has 0 spiro atoms. The molecule has 0 amide bonds. The van der Waals surface area contributed by atoms with Gasteiger partial charge in [0.15, 0.2) is 5.75 Å². The highest BCUT2D eigenvalue weighted by Crippen LogP contribution is 2.45. The van der Waals surface area contributed by atoms with Gasteiger partial charge in [0.2, 0.25) is 0 Å². The monoisotopic (exact) mass is 294 g/mol. The molecule has 2 aromatic carbocycles. The van der Waals surface area contributed by atoms with E-state index in [1.807, 2.05) is 0 Å². The second-order valence-electron chi connectivity index (χ2n) is 6.44. The molecular formula is C19H22N2O. The number of ether oxygens (including phenoxy) is 1. The van der Waals surface area contributed by atoms with Crippen LogP contribution in [0.5, 0.6) is 11.5 Å². The van der Waals surface area contributed by atoms with Crippen LogP contribution in [-0.4, -0.2) is 31.6 Å². The van der Waals surface area contributed by atoms with E-state index in [2.05, 4.69) is 66.2 Å². The van der Waals surface area contributed by atoms with Gasteiger partial charge >= 0.3 is 0 Å². The van der Waals surface area contributed by atoms with Gasteiger partial charge in [-0.25, -0.2) is 0 Å². The minimum atomic E-state index is 0.353. The van der Waals surface area contributed by atoms with E-state index in [-0.39, 0.29) is 0 Å². The Hall–Kier alpha value is -2.00. The lowest BCUT2D eigenvalue weighted by molar-refractivity contribution is 0.332. The first-order chi connectivity index (χ1) is 10.7. The lowest BCUT2D eigenvalue weighted by atomic mass is 10.0. The quantitative estimate of drug-likeness (QED) is 0.731. The SMILES string of the molecule is Cc1ccc2c(c1)N1CCCN(C)CC1c1ccccc1O2. The van der Waals surface area contributed by atoms with Crippen molar-refractivity contribution in [2.24, 2.45) is 0 Å². The third-order valence-electron chi connectivity index (χ3n) is 4.72. The van der Waals surface area contributed by atoms with Crippen molar-refractivity contribution < 1.29 is 4.74 Å². The highest BCUT2D eigenvalue weighted by molar-refractivity contribution is 5.65. The third-order valence-corrected chi connectivity index (χ3v) is 4.72. The summed E-state index contributed by atoms with van der Waals surface area (Å²) in [6.07, 6.45) is 1.18. The number of rotatable bonds is 0. The second kappa shape index (κ2) is 5.33. The molecule has 1 unspecified atom stereocenters. The van der Waals surface area contributed by atoms with E-state index in [1.165, 1.54) is 23.2 Å². The zero-order valence-corrected chi connectivity index (χ0v) is 13.2. The Labute approximate surface area is 132 Å². The second-order valence-corrected chi connectivity index (χ2v) is 6.44. The summed E-state index contributed by atoms with van der Waals surface area (Å²) in [5.41, 5.74) is 3.81. The maximum atomic E-state index is 6.27. The van der Waals surface area contributed by atoms with Gasteiger partial charge in [0.05, 0.1) is 11.7 Å². The topological polar surface area (TPSA) is 15.7 Å². The first kappa shape index (κ1) is 13.6. The predicted octanol–water partition coefficient (Wildman–Crippen LogP) is 3.98. The molecule has 0 N–H and O–H groups in total. The molecule has 0 aliphatic carbocycles. The lowest BCUT2D eigenvalue weighted by Gasteiger charge is -2.32. The van der Waals surface area contributed by atoms with Gasteiger partial charge in [-0.1, -0.05) is 24.3 Å². The summed E-state index contributed by atoms with van der Waals surface area (Å²) >= 11 is 0. The van der Waals surface area contributed by atoms with Crippen LogP contribution >= 0.6 is 0 Å². The van der Waals surface area contributed by atoms with Gasteiger partial charge in [-0.2, -0.15) is 0 Å². The maximum Gasteiger partial charge on any atom is 0.150 e. The van der Waals surface area contributed by atoms with E-state index < -0.39 is 0 Å². The Morgan fingerprint density at radius 1 is 1.05 bits per heavy atom. The van der Waals surface area contributed by atoms with Gasteiger partial charge in [-0.3, -0.25) is 0 Å². The van der Waals surface area contributed by atoms with Crippen molar-refractivity contribution in [3.8, 4) is 11.5 Å². The van der Waals surface area contributed by atoms with E-state index in [0.717, 1.165) is 31.1 Å². The van der Waals surface area contributed by atoms with E-state index in [0.29, 0.717) is 6.04 Å². The lowest BCUT2D eigenvalue weighted by Crippen LogP contribution is -2.32. The van der Waals surface area contributed by atoms with Crippen molar-refractivity contribution in [2.75, 3.05) is 31.6 Å². The van der Waals surface area contributed by atoms with Crippen LogP contribution in [0.3, 0.4) is 0 Å². The average molecular weight is 294 g/mol. The van der Waals surface area contributed by atoms with Gasteiger partial charge in [0, 0.05) is 18.7 Å². The van der Waals surface area contributed by atoms with Crippen molar-refractivity contribution in [3.05, 3.63) is 53.6 Å². The van der Waals surface area contributed by atoms with Crippen LogP contribution in [0.1, 0.15) is 23.6 Å². The van der Waals surface area contributed by atoms with Crippen molar-refractivity contribution in [1.82, 2.24) is 4.90 Å². The van der Waals surface area contributed by atoms with E-state index in [4.69, 9.17) is 4.74 Å². The minimum Gasteiger partial charge on any atom is -0.455 e. The summed E-state index contributed by atoms with van der Waals surface area (Å²) in [4.78, 5) is 4.97. The maximum absolute atomic E-state index is 6.27. The molecule has 1 saturated heterocycles. The zero-order chi connectivity index (χ0) is 15.1. The normalized spacial score (nSPS) is 21.0. The van der Waals surface area contributed by atoms with Crippen LogP contribution in [0, 0.1) is 6.92 Å². The standard InChI is InChI=1S/C19H22N2O/c1-14-8-9-19-16(12-14)21-11-5-10-20(2)13-17(21)15-6-3-4-7-18(15)22-19/h3-4,6-9,12,17H,5,10-11,13H2,1-2H3. The average Bonchev–Trinajstić information content (AvgIpc) is 2.77. The fourth-order valence-corrected chi connectivity index (χ4v) is 3.61. The van der Waals surface area contributed by atoms with Crippen molar-refractivity contribution in [3.63, 3.8) is 0 Å². The highest BCUT2D eigenvalue weighted by Gasteiger charge is 2.31. The predicted molar refractivity (Wildman–Crippen MR) is 89.9 cm³/mol. The van der Waals surface area contributed by atoms with Crippen LogP contribution in [0.25, 0.3) is 0 Å². The van der Waals surface area contributed by atoms with Gasteiger partial charge in [0.1, 0.15) is 5.75 Å². The Balaban J connectivity index is 1.91. The van der Waals surface area contributed by atoms with Crippen LogP contribution in [0.2, 0.25) is 0 Å². The molecule has 1 atom stereocenters. The first-order valence-corrected chi connectivity index (χ1v) is 8.05. The molecule has 2 heterocycles. The first-order valence-electron chi connectivity index (χ1n) is 8.05. The number of aryl methyl sites for hydroxylation is 1. The number of benzene rings is 2. The molecule has 0 radical (unpaired) electrons. The molecule has 22 heavy (non-hydrogen) atoms. The summed E-state index contributed by atoms with van der Waals surface area (Å²) < 4.78 is 6.27. The number of likely N-dealkylation sites (N-methyl/N-ethyl adjacent to an activating group) is 1. The van der Waals surface area contributed by atoms with Gasteiger partial charge < -0.3 is 14.5 Å². The molecule has 114 valence electrons. The molecule has 2 aliphatic rings. The Morgan fingerprint density at radius 3 is 2.82 bits per heavy atom. The molecule has 2 aliphatic heterocycles. The summed E-state index contributed by atoms with van der Waals surface area (Å²) in [5.74, 6) is 1.97. The van der Waals surface area contributed by atoms with Crippen molar-refractivity contribution >= 4 is 5.69 Å². The van der Waals surface area contributed by atoms with Crippen molar-refractivity contribution in [1.29, 1.82) is 0 Å². The molecule has 3 nitrogen and oxygen atoms in total. The minimum absolute atomic E-state index is 0.353. The molecule has 4 rings (SSSR count). The number of hydrogen-bond donors (Lipinski definition) is 0. The smallest absolute Gasteiger partial charge is 0.150 e. The molecular weight excluding hydrogens is 272 g/mol. The summed E-state index contributed by atoms with van der Waals surface area (Å²) in [7, 11) is 2.22. The summed E-state index contributed by atoms with van der Waals surface area (Å²) in [6, 6.07) is 15.3. The zero-order valence-electron chi connectivity index (χ0n) is 13.2. The highest BCUT2D eigenvalue weighted by atomic mass is 16.5. The summed E-state index contributed by atoms with van der Waals surface area (Å²) in [5, 5.41) is 0. The molecule has 3 heteroatoms. The fraction of sp³-hybridized carbons (Fsp3) is 0.368. The number of fused-ring (bicyclic) bond motifs is 5. The number of hydrogen-bond acceptors (Lipinski definition) is 3. The van der Waals surface area contributed by atoms with Crippen LogP contribution in [0.15, 0.2) is 42.5 Å². The molecule has 0 aromatic heterocycles. The van der Waals surface area contributed by atoms with E-state index >= 15 is 0 Å². The fourth-order valence-electron chi connectivity index (χ4n) is 3.61. The van der Waals surface area contributed by atoms with Crippen LogP contribution in [0.4, 0.5) is 5.69 Å². The Bertz CT molecular complexity index is 698. The Kier molecular flexibility index (Phi) is 3.30. The molecule has 2 aromatic rings. The third kappa shape index (κ3) is 2.26. The number of anilines is 1. The molecule has 0 saturated carbocycles. The molecule has 0 bridgehead atoms. The summed E-state index contributed by atoms with van der Waals surface area (Å²) in [6.45, 7) is 5.41. The van der Waals surface area contributed by atoms with Crippen LogP contribution < -0.4 is 9.64 Å². The molecule has 1 fully saturated rings. The van der Waals surface area contributed by atoms with Crippen molar-refractivity contribution in [2.45, 2.75) is 19.4 Å². The van der Waals surface area contributed by atoms with Crippen LogP contribution in [-0.2, 0) is 0 Å². The number of nitrogens with zero attached hydrogens (tertiary/aromatic N) is 2. The van der Waals surface area contributed by atoms with E-state index in [9.17, 15) is 0 Å². The van der Waals surface area contributed by atoms with Gasteiger partial charge in [-0.05, 0) is 50.7 Å². The van der Waals surface area contributed by atoms with Gasteiger partial charge in [0.25, 0.3) is 0 Å². The van der Waals surface area contributed by atoms with E-state index in [1.54, 1.807) is 0 Å². The van der Waals surface area contributed by atoms with Gasteiger partial charge in [-0.15, -0.1) is 0 Å². The number of para-hydroxylation sites is 1.